The smallest absolute Gasteiger partial charge is 0.227 e. The number of rotatable bonds is 7. The maximum absolute atomic E-state index is 11.6. The van der Waals surface area contributed by atoms with Gasteiger partial charge < -0.3 is 10.1 Å². The monoisotopic (exact) mass is 201 g/mol. The molecule has 0 aliphatic rings. The van der Waals surface area contributed by atoms with E-state index in [4.69, 9.17) is 4.74 Å². The van der Waals surface area contributed by atoms with Gasteiger partial charge in [-0.1, -0.05) is 13.8 Å². The molecular formula is C11H23NO2. The first-order valence-electron chi connectivity index (χ1n) is 5.40. The Morgan fingerprint density at radius 1 is 1.29 bits per heavy atom. The lowest BCUT2D eigenvalue weighted by atomic mass is 9.93. The molecular weight excluding hydrogens is 178 g/mol. The van der Waals surface area contributed by atoms with Crippen LogP contribution in [0.2, 0.25) is 0 Å². The molecule has 14 heavy (non-hydrogen) atoms. The van der Waals surface area contributed by atoms with Crippen LogP contribution in [0, 0.1) is 5.41 Å². The lowest BCUT2D eigenvalue weighted by Gasteiger charge is -2.23. The molecule has 3 heteroatoms. The summed E-state index contributed by atoms with van der Waals surface area (Å²) in [7, 11) is 0. The van der Waals surface area contributed by atoms with Gasteiger partial charge in [0.25, 0.3) is 0 Å². The Bertz CT molecular complexity index is 167. The van der Waals surface area contributed by atoms with Gasteiger partial charge in [0.2, 0.25) is 5.91 Å². The van der Waals surface area contributed by atoms with E-state index in [1.165, 1.54) is 0 Å². The van der Waals surface area contributed by atoms with E-state index in [9.17, 15) is 4.79 Å². The Morgan fingerprint density at radius 2 is 1.93 bits per heavy atom. The Morgan fingerprint density at radius 3 is 2.43 bits per heavy atom. The van der Waals surface area contributed by atoms with Gasteiger partial charge in [-0.25, -0.2) is 0 Å². The van der Waals surface area contributed by atoms with E-state index in [1.54, 1.807) is 0 Å². The zero-order valence-electron chi connectivity index (χ0n) is 9.85. The van der Waals surface area contributed by atoms with Gasteiger partial charge >= 0.3 is 0 Å². The third kappa shape index (κ3) is 5.22. The summed E-state index contributed by atoms with van der Waals surface area (Å²) in [6.07, 6.45) is 1.96. The second kappa shape index (κ2) is 6.82. The second-order valence-electron chi connectivity index (χ2n) is 4.19. The number of hydrogen-bond donors (Lipinski definition) is 1. The molecule has 0 fully saturated rings. The first-order chi connectivity index (χ1) is 6.54. The average Bonchev–Trinajstić information content (AvgIpc) is 2.14. The summed E-state index contributed by atoms with van der Waals surface area (Å²) < 4.78 is 5.39. The lowest BCUT2D eigenvalue weighted by molar-refractivity contribution is -0.132. The summed E-state index contributed by atoms with van der Waals surface area (Å²) in [6, 6.07) is 0. The summed E-state index contributed by atoms with van der Waals surface area (Å²) in [6.45, 7) is 9.89. The summed E-state index contributed by atoms with van der Waals surface area (Å²) in [5.41, 5.74) is -0.412. The summed E-state index contributed by atoms with van der Waals surface area (Å²) >= 11 is 0. The molecule has 0 radical (unpaired) electrons. The van der Waals surface area contributed by atoms with Gasteiger partial charge in [-0.3, -0.25) is 4.79 Å². The molecule has 1 N–H and O–H groups in total. The van der Waals surface area contributed by atoms with Gasteiger partial charge in [0.15, 0.2) is 0 Å². The molecule has 0 aliphatic heterocycles. The van der Waals surface area contributed by atoms with E-state index in [0.717, 1.165) is 26.0 Å². The molecule has 1 amide bonds. The minimum Gasteiger partial charge on any atom is -0.380 e. The zero-order valence-corrected chi connectivity index (χ0v) is 9.85. The quantitative estimate of drug-likeness (QED) is 0.639. The third-order valence-corrected chi connectivity index (χ3v) is 1.96. The Balaban J connectivity index is 3.83. The molecule has 0 atom stereocenters. The molecule has 0 saturated heterocycles. The van der Waals surface area contributed by atoms with Crippen LogP contribution in [-0.4, -0.2) is 25.7 Å². The normalized spacial score (nSPS) is 11.4. The van der Waals surface area contributed by atoms with Crippen molar-refractivity contribution in [3.63, 3.8) is 0 Å². The Labute approximate surface area is 87.2 Å². The number of carbonyl (C=O) groups is 1. The molecule has 3 nitrogen and oxygen atoms in total. The Kier molecular flexibility index (Phi) is 6.54. The standard InChI is InChI=1S/C11H23NO2/c1-5-7-12-10(13)11(3,4)9-14-8-6-2/h5-9H2,1-4H3,(H,12,13). The van der Waals surface area contributed by atoms with Crippen molar-refractivity contribution in [1.29, 1.82) is 0 Å². The van der Waals surface area contributed by atoms with Crippen molar-refractivity contribution in [3.05, 3.63) is 0 Å². The van der Waals surface area contributed by atoms with Crippen molar-refractivity contribution < 1.29 is 9.53 Å². The van der Waals surface area contributed by atoms with Crippen molar-refractivity contribution in [1.82, 2.24) is 5.32 Å². The number of nitrogens with one attached hydrogen (secondary N) is 1. The van der Waals surface area contributed by atoms with Crippen LogP contribution in [-0.2, 0) is 9.53 Å². The molecule has 0 aliphatic carbocycles. The summed E-state index contributed by atoms with van der Waals surface area (Å²) in [5, 5.41) is 2.88. The van der Waals surface area contributed by atoms with Crippen LogP contribution in [0.5, 0.6) is 0 Å². The second-order valence-corrected chi connectivity index (χ2v) is 4.19. The largest absolute Gasteiger partial charge is 0.380 e. The van der Waals surface area contributed by atoms with Gasteiger partial charge in [0.05, 0.1) is 12.0 Å². The average molecular weight is 201 g/mol. The molecule has 0 saturated carbocycles. The SMILES string of the molecule is CCCNC(=O)C(C)(C)COCCC. The van der Waals surface area contributed by atoms with Gasteiger partial charge in [-0.15, -0.1) is 0 Å². The van der Waals surface area contributed by atoms with Crippen molar-refractivity contribution in [2.45, 2.75) is 40.5 Å². The molecule has 0 aromatic heterocycles. The fourth-order valence-electron chi connectivity index (χ4n) is 1.02. The highest BCUT2D eigenvalue weighted by Crippen LogP contribution is 2.15. The lowest BCUT2D eigenvalue weighted by Crippen LogP contribution is -2.40. The van der Waals surface area contributed by atoms with Crippen LogP contribution in [0.1, 0.15) is 40.5 Å². The molecule has 0 rings (SSSR count). The van der Waals surface area contributed by atoms with Crippen LogP contribution in [0.3, 0.4) is 0 Å². The van der Waals surface area contributed by atoms with E-state index in [1.807, 2.05) is 20.8 Å². The van der Waals surface area contributed by atoms with E-state index in [2.05, 4.69) is 12.2 Å². The molecule has 0 heterocycles. The van der Waals surface area contributed by atoms with Crippen LogP contribution < -0.4 is 5.32 Å². The summed E-state index contributed by atoms with van der Waals surface area (Å²) in [4.78, 5) is 11.6. The van der Waals surface area contributed by atoms with Crippen molar-refractivity contribution >= 4 is 5.91 Å². The highest BCUT2D eigenvalue weighted by molar-refractivity contribution is 5.81. The minimum absolute atomic E-state index is 0.0791. The number of carbonyl (C=O) groups excluding carboxylic acids is 1. The predicted molar refractivity (Wildman–Crippen MR) is 58.2 cm³/mol. The van der Waals surface area contributed by atoms with Gasteiger partial charge in [-0.2, -0.15) is 0 Å². The fourth-order valence-corrected chi connectivity index (χ4v) is 1.02. The van der Waals surface area contributed by atoms with E-state index >= 15 is 0 Å². The highest BCUT2D eigenvalue weighted by Gasteiger charge is 2.27. The first kappa shape index (κ1) is 13.4. The molecule has 0 bridgehead atoms. The molecule has 0 spiro atoms. The van der Waals surface area contributed by atoms with Gasteiger partial charge in [0, 0.05) is 13.2 Å². The van der Waals surface area contributed by atoms with Crippen molar-refractivity contribution in [2.24, 2.45) is 5.41 Å². The van der Waals surface area contributed by atoms with Crippen LogP contribution in [0.4, 0.5) is 0 Å². The van der Waals surface area contributed by atoms with E-state index in [-0.39, 0.29) is 5.91 Å². The maximum atomic E-state index is 11.6. The van der Waals surface area contributed by atoms with E-state index in [0.29, 0.717) is 6.61 Å². The van der Waals surface area contributed by atoms with Crippen molar-refractivity contribution in [2.75, 3.05) is 19.8 Å². The Hall–Kier alpha value is -0.570. The number of amides is 1. The molecule has 0 aromatic carbocycles. The first-order valence-corrected chi connectivity index (χ1v) is 5.40. The van der Waals surface area contributed by atoms with Gasteiger partial charge in [-0.05, 0) is 26.7 Å². The maximum Gasteiger partial charge on any atom is 0.227 e. The van der Waals surface area contributed by atoms with Crippen LogP contribution in [0.25, 0.3) is 0 Å². The minimum atomic E-state index is -0.412. The zero-order chi connectivity index (χ0) is 11.0. The van der Waals surface area contributed by atoms with Crippen LogP contribution >= 0.6 is 0 Å². The fraction of sp³-hybridized carbons (Fsp3) is 0.909. The van der Waals surface area contributed by atoms with E-state index < -0.39 is 5.41 Å². The third-order valence-electron chi connectivity index (χ3n) is 1.96. The van der Waals surface area contributed by atoms with Gasteiger partial charge in [0.1, 0.15) is 0 Å². The predicted octanol–water partition coefficient (Wildman–Crippen LogP) is 1.97. The molecule has 84 valence electrons. The summed E-state index contributed by atoms with van der Waals surface area (Å²) in [5.74, 6) is 0.0791. The number of hydrogen-bond acceptors (Lipinski definition) is 2. The van der Waals surface area contributed by atoms with Crippen molar-refractivity contribution in [3.8, 4) is 0 Å². The highest BCUT2D eigenvalue weighted by atomic mass is 16.5. The molecule has 0 unspecified atom stereocenters. The molecule has 0 aromatic rings. The van der Waals surface area contributed by atoms with Crippen LogP contribution in [0.15, 0.2) is 0 Å². The number of ether oxygens (including phenoxy) is 1. The topological polar surface area (TPSA) is 38.3 Å².